The lowest BCUT2D eigenvalue weighted by Gasteiger charge is -2.10. The lowest BCUT2D eigenvalue weighted by molar-refractivity contribution is -0.384. The van der Waals surface area contributed by atoms with Gasteiger partial charge in [0.2, 0.25) is 0 Å². The molecule has 0 radical (unpaired) electrons. The number of nitro benzene ring substituents is 1. The van der Waals surface area contributed by atoms with Gasteiger partial charge in [0.1, 0.15) is 0 Å². The standard InChI is InChI=1S/C13H16N2O5/c1-2-20-13(16)11(9-14-17)6-3-10-4-7-12(8-5-10)15(18)19/h4-5,7-9,11,17H,2-3,6H2,1H3/b14-9-. The molecular formula is C13H16N2O5. The molecule has 0 aliphatic rings. The largest absolute Gasteiger partial charge is 0.465 e. The van der Waals surface area contributed by atoms with Crippen molar-refractivity contribution in [1.29, 1.82) is 0 Å². The van der Waals surface area contributed by atoms with Crippen LogP contribution in [0.1, 0.15) is 18.9 Å². The highest BCUT2D eigenvalue weighted by atomic mass is 16.6. The zero-order valence-electron chi connectivity index (χ0n) is 11.1. The Kier molecular flexibility index (Phi) is 6.15. The molecule has 1 aromatic carbocycles. The van der Waals surface area contributed by atoms with Crippen molar-refractivity contribution in [3.8, 4) is 0 Å². The molecule has 20 heavy (non-hydrogen) atoms. The summed E-state index contributed by atoms with van der Waals surface area (Å²) in [6, 6.07) is 6.09. The number of carbonyl (C=O) groups excluding carboxylic acids is 1. The molecule has 0 fully saturated rings. The van der Waals surface area contributed by atoms with E-state index in [0.717, 1.165) is 11.8 Å². The Morgan fingerprint density at radius 1 is 1.50 bits per heavy atom. The molecule has 0 aliphatic carbocycles. The molecule has 1 rings (SSSR count). The van der Waals surface area contributed by atoms with Crippen molar-refractivity contribution in [2.24, 2.45) is 11.1 Å². The molecule has 0 spiro atoms. The highest BCUT2D eigenvalue weighted by molar-refractivity contribution is 5.89. The molecule has 108 valence electrons. The van der Waals surface area contributed by atoms with E-state index in [2.05, 4.69) is 5.16 Å². The van der Waals surface area contributed by atoms with E-state index in [1.807, 2.05) is 0 Å². The van der Waals surface area contributed by atoms with E-state index in [1.165, 1.54) is 12.1 Å². The SMILES string of the molecule is CCOC(=O)C(/C=N\O)CCc1ccc([N+](=O)[O-])cc1. The van der Waals surface area contributed by atoms with E-state index in [-0.39, 0.29) is 12.3 Å². The van der Waals surface area contributed by atoms with Crippen LogP contribution in [0.15, 0.2) is 29.4 Å². The average Bonchev–Trinajstić information content (AvgIpc) is 2.44. The van der Waals surface area contributed by atoms with Gasteiger partial charge in [0.15, 0.2) is 0 Å². The summed E-state index contributed by atoms with van der Waals surface area (Å²) in [7, 11) is 0. The highest BCUT2D eigenvalue weighted by Gasteiger charge is 2.18. The van der Waals surface area contributed by atoms with E-state index in [0.29, 0.717) is 12.8 Å². The zero-order valence-corrected chi connectivity index (χ0v) is 11.1. The maximum atomic E-state index is 11.6. The first kappa shape index (κ1) is 15.6. The van der Waals surface area contributed by atoms with Gasteiger partial charge in [-0.25, -0.2) is 0 Å². The molecule has 1 unspecified atom stereocenters. The number of nitro groups is 1. The van der Waals surface area contributed by atoms with Crippen LogP contribution in [-0.4, -0.2) is 28.9 Å². The van der Waals surface area contributed by atoms with Crippen LogP contribution in [0.4, 0.5) is 5.69 Å². The van der Waals surface area contributed by atoms with Gasteiger partial charge in [0.25, 0.3) is 5.69 Å². The van der Waals surface area contributed by atoms with Gasteiger partial charge >= 0.3 is 5.97 Å². The van der Waals surface area contributed by atoms with Crippen molar-refractivity contribution in [3.05, 3.63) is 39.9 Å². The van der Waals surface area contributed by atoms with Gasteiger partial charge < -0.3 is 9.94 Å². The van der Waals surface area contributed by atoms with Crippen LogP contribution in [0.5, 0.6) is 0 Å². The van der Waals surface area contributed by atoms with Gasteiger partial charge in [-0.2, -0.15) is 0 Å². The minimum atomic E-state index is -0.629. The molecule has 7 nitrogen and oxygen atoms in total. The maximum absolute atomic E-state index is 11.6. The highest BCUT2D eigenvalue weighted by Crippen LogP contribution is 2.15. The molecule has 1 aromatic rings. The molecule has 0 aliphatic heterocycles. The molecule has 7 heteroatoms. The van der Waals surface area contributed by atoms with Gasteiger partial charge in [-0.15, -0.1) is 5.16 Å². The van der Waals surface area contributed by atoms with Gasteiger partial charge in [-0.3, -0.25) is 14.9 Å². The van der Waals surface area contributed by atoms with Crippen molar-refractivity contribution in [2.45, 2.75) is 19.8 Å². The predicted molar refractivity (Wildman–Crippen MR) is 71.8 cm³/mol. The number of oxime groups is 1. The lowest BCUT2D eigenvalue weighted by Crippen LogP contribution is -2.20. The van der Waals surface area contributed by atoms with Crippen LogP contribution in [0.3, 0.4) is 0 Å². The Morgan fingerprint density at radius 2 is 2.15 bits per heavy atom. The number of non-ortho nitro benzene ring substituents is 1. The zero-order chi connectivity index (χ0) is 15.0. The molecule has 0 saturated carbocycles. The quantitative estimate of drug-likeness (QED) is 0.271. The van der Waals surface area contributed by atoms with E-state index in [1.54, 1.807) is 19.1 Å². The number of aryl methyl sites for hydroxylation is 1. The summed E-state index contributed by atoms with van der Waals surface area (Å²) in [5.41, 5.74) is 0.879. The number of hydrogen-bond donors (Lipinski definition) is 1. The molecule has 1 atom stereocenters. The molecule has 0 heterocycles. The van der Waals surface area contributed by atoms with Crippen LogP contribution in [0.2, 0.25) is 0 Å². The third-order valence-corrected chi connectivity index (χ3v) is 2.73. The second kappa shape index (κ2) is 7.88. The molecular weight excluding hydrogens is 264 g/mol. The Labute approximate surface area is 116 Å². The van der Waals surface area contributed by atoms with Crippen LogP contribution in [0, 0.1) is 16.0 Å². The molecule has 1 N–H and O–H groups in total. The van der Waals surface area contributed by atoms with E-state index >= 15 is 0 Å². The van der Waals surface area contributed by atoms with Gasteiger partial charge in [-0.1, -0.05) is 12.1 Å². The normalized spacial score (nSPS) is 12.2. The maximum Gasteiger partial charge on any atom is 0.314 e. The summed E-state index contributed by atoms with van der Waals surface area (Å²) in [6.07, 6.45) is 2.05. The summed E-state index contributed by atoms with van der Waals surface area (Å²) in [5.74, 6) is -1.08. The van der Waals surface area contributed by atoms with Crippen molar-refractivity contribution in [3.63, 3.8) is 0 Å². The lowest BCUT2D eigenvalue weighted by atomic mass is 10.0. The minimum Gasteiger partial charge on any atom is -0.465 e. The third-order valence-electron chi connectivity index (χ3n) is 2.73. The fraction of sp³-hybridized carbons (Fsp3) is 0.385. The Bertz CT molecular complexity index is 484. The molecule has 0 bridgehead atoms. The fourth-order valence-electron chi connectivity index (χ4n) is 1.69. The number of hydrogen-bond acceptors (Lipinski definition) is 6. The number of esters is 1. The fourth-order valence-corrected chi connectivity index (χ4v) is 1.69. The van der Waals surface area contributed by atoms with E-state index < -0.39 is 16.8 Å². The third kappa shape index (κ3) is 4.68. The van der Waals surface area contributed by atoms with E-state index in [9.17, 15) is 14.9 Å². The Morgan fingerprint density at radius 3 is 2.65 bits per heavy atom. The topological polar surface area (TPSA) is 102 Å². The van der Waals surface area contributed by atoms with Crippen molar-refractivity contribution < 1.29 is 19.7 Å². The summed E-state index contributed by atoms with van der Waals surface area (Å²) >= 11 is 0. The summed E-state index contributed by atoms with van der Waals surface area (Å²) in [5, 5.41) is 21.9. The number of carbonyl (C=O) groups is 1. The van der Waals surface area contributed by atoms with Crippen LogP contribution in [-0.2, 0) is 16.0 Å². The summed E-state index contributed by atoms with van der Waals surface area (Å²) < 4.78 is 4.86. The number of rotatable bonds is 7. The Hall–Kier alpha value is -2.44. The average molecular weight is 280 g/mol. The summed E-state index contributed by atoms with van der Waals surface area (Å²) in [4.78, 5) is 21.6. The predicted octanol–water partition coefficient (Wildman–Crippen LogP) is 2.17. The number of benzene rings is 1. The number of nitrogens with zero attached hydrogens (tertiary/aromatic N) is 2. The van der Waals surface area contributed by atoms with Crippen LogP contribution < -0.4 is 0 Å². The van der Waals surface area contributed by atoms with Crippen molar-refractivity contribution in [1.82, 2.24) is 0 Å². The van der Waals surface area contributed by atoms with Gasteiger partial charge in [0.05, 0.1) is 23.7 Å². The van der Waals surface area contributed by atoms with Crippen molar-refractivity contribution in [2.75, 3.05) is 6.61 Å². The molecule has 0 saturated heterocycles. The smallest absolute Gasteiger partial charge is 0.314 e. The van der Waals surface area contributed by atoms with E-state index in [4.69, 9.17) is 9.94 Å². The summed E-state index contributed by atoms with van der Waals surface area (Å²) in [6.45, 7) is 1.95. The number of ether oxygens (including phenoxy) is 1. The minimum absolute atomic E-state index is 0.0209. The monoisotopic (exact) mass is 280 g/mol. The second-order valence-corrected chi connectivity index (χ2v) is 4.09. The molecule has 0 amide bonds. The second-order valence-electron chi connectivity index (χ2n) is 4.09. The first-order valence-corrected chi connectivity index (χ1v) is 6.16. The van der Waals surface area contributed by atoms with Crippen LogP contribution >= 0.6 is 0 Å². The van der Waals surface area contributed by atoms with Gasteiger partial charge in [0, 0.05) is 12.1 Å². The first-order chi connectivity index (χ1) is 9.58. The first-order valence-electron chi connectivity index (χ1n) is 6.16. The van der Waals surface area contributed by atoms with Gasteiger partial charge in [-0.05, 0) is 25.3 Å². The molecule has 0 aromatic heterocycles. The Balaban J connectivity index is 2.62. The van der Waals surface area contributed by atoms with Crippen LogP contribution in [0.25, 0.3) is 0 Å². The van der Waals surface area contributed by atoms with Crippen molar-refractivity contribution >= 4 is 17.9 Å².